The average Bonchev–Trinajstić information content (AvgIpc) is 3.04. The first-order valence-electron chi connectivity index (χ1n) is 9.23. The second-order valence-electron chi connectivity index (χ2n) is 7.03. The van der Waals surface area contributed by atoms with Crippen molar-refractivity contribution in [2.24, 2.45) is 10.4 Å². The highest BCUT2D eigenvalue weighted by Crippen LogP contribution is 2.47. The van der Waals surface area contributed by atoms with Crippen LogP contribution >= 0.6 is 24.0 Å². The lowest BCUT2D eigenvalue weighted by Crippen LogP contribution is -2.43. The smallest absolute Gasteiger partial charge is 0.255 e. The molecular weight excluding hydrogens is 443 g/mol. The third kappa shape index (κ3) is 4.81. The van der Waals surface area contributed by atoms with Crippen LogP contribution in [0.1, 0.15) is 43.0 Å². The van der Waals surface area contributed by atoms with E-state index in [9.17, 15) is 9.90 Å². The zero-order valence-electron chi connectivity index (χ0n) is 15.3. The molecule has 1 aliphatic heterocycles. The van der Waals surface area contributed by atoms with E-state index in [0.29, 0.717) is 24.1 Å². The van der Waals surface area contributed by atoms with Crippen molar-refractivity contribution in [2.45, 2.75) is 32.6 Å². The number of rotatable bonds is 5. The van der Waals surface area contributed by atoms with Gasteiger partial charge in [-0.2, -0.15) is 0 Å². The molecule has 1 saturated heterocycles. The normalized spacial score (nSPS) is 18.2. The Morgan fingerprint density at radius 1 is 1.27 bits per heavy atom. The molecule has 2 aliphatic rings. The minimum atomic E-state index is -0.270. The largest absolute Gasteiger partial charge is 0.507 e. The van der Waals surface area contributed by atoms with Gasteiger partial charge >= 0.3 is 0 Å². The number of carbonyl (C=O) groups is 1. The standard InChI is InChI=1S/C19H28N4O2.HI/c1-2-20-18(23-13-10-19(14-23)8-5-9-19)22-12-11-21-17(25)15-6-3-4-7-16(15)24;/h3-4,6-7,24H,2,5,8-14H2,1H3,(H,20,22)(H,21,25);1H. The molecule has 1 amide bonds. The third-order valence-electron chi connectivity index (χ3n) is 5.29. The van der Waals surface area contributed by atoms with E-state index in [4.69, 9.17) is 0 Å². The number of aromatic hydroxyl groups is 1. The van der Waals surface area contributed by atoms with Crippen molar-refractivity contribution in [3.63, 3.8) is 0 Å². The molecule has 0 atom stereocenters. The monoisotopic (exact) mass is 472 g/mol. The van der Waals surface area contributed by atoms with Gasteiger partial charge in [0.2, 0.25) is 0 Å². The molecule has 26 heavy (non-hydrogen) atoms. The van der Waals surface area contributed by atoms with Crippen LogP contribution < -0.4 is 10.6 Å². The van der Waals surface area contributed by atoms with Gasteiger partial charge < -0.3 is 20.6 Å². The Balaban J connectivity index is 0.00000243. The number of hydrogen-bond donors (Lipinski definition) is 3. The van der Waals surface area contributed by atoms with E-state index < -0.39 is 0 Å². The number of carbonyl (C=O) groups excluding carboxylic acids is 1. The Morgan fingerprint density at radius 2 is 2.04 bits per heavy atom. The molecule has 1 spiro atoms. The highest BCUT2D eigenvalue weighted by atomic mass is 127. The molecule has 1 aromatic rings. The number of halogens is 1. The van der Waals surface area contributed by atoms with Gasteiger partial charge in [-0.1, -0.05) is 18.6 Å². The van der Waals surface area contributed by atoms with Gasteiger partial charge in [-0.05, 0) is 43.7 Å². The number of phenols is 1. The van der Waals surface area contributed by atoms with Gasteiger partial charge in [0.1, 0.15) is 5.75 Å². The zero-order valence-corrected chi connectivity index (χ0v) is 17.7. The maximum absolute atomic E-state index is 12.1. The summed E-state index contributed by atoms with van der Waals surface area (Å²) in [4.78, 5) is 19.1. The van der Waals surface area contributed by atoms with Crippen LogP contribution in [0.2, 0.25) is 0 Å². The summed E-state index contributed by atoms with van der Waals surface area (Å²) < 4.78 is 0. The highest BCUT2D eigenvalue weighted by Gasteiger charge is 2.43. The van der Waals surface area contributed by atoms with E-state index in [2.05, 4.69) is 27.4 Å². The van der Waals surface area contributed by atoms with Crippen LogP contribution in [0.5, 0.6) is 5.75 Å². The lowest BCUT2D eigenvalue weighted by Gasteiger charge is -2.38. The maximum atomic E-state index is 12.1. The maximum Gasteiger partial charge on any atom is 0.255 e. The molecule has 1 heterocycles. The molecule has 3 N–H and O–H groups in total. The van der Waals surface area contributed by atoms with Crippen LogP contribution in [0.3, 0.4) is 0 Å². The topological polar surface area (TPSA) is 77.0 Å². The molecule has 7 heteroatoms. The van der Waals surface area contributed by atoms with E-state index in [-0.39, 0.29) is 35.6 Å². The first-order chi connectivity index (χ1) is 12.1. The quantitative estimate of drug-likeness (QED) is 0.267. The lowest BCUT2D eigenvalue weighted by atomic mass is 9.68. The molecule has 144 valence electrons. The van der Waals surface area contributed by atoms with Gasteiger partial charge in [-0.3, -0.25) is 9.79 Å². The summed E-state index contributed by atoms with van der Waals surface area (Å²) in [7, 11) is 0. The van der Waals surface area contributed by atoms with Crippen LogP contribution in [-0.2, 0) is 0 Å². The predicted molar refractivity (Wildman–Crippen MR) is 114 cm³/mol. The predicted octanol–water partition coefficient (Wildman–Crippen LogP) is 2.58. The number of hydrogen-bond acceptors (Lipinski definition) is 3. The van der Waals surface area contributed by atoms with Crippen molar-refractivity contribution in [1.82, 2.24) is 15.5 Å². The van der Waals surface area contributed by atoms with Crippen molar-refractivity contribution in [3.8, 4) is 5.75 Å². The average molecular weight is 472 g/mol. The fraction of sp³-hybridized carbons (Fsp3) is 0.579. The number of para-hydroxylation sites is 1. The molecule has 1 aliphatic carbocycles. The summed E-state index contributed by atoms with van der Waals surface area (Å²) >= 11 is 0. The van der Waals surface area contributed by atoms with Crippen molar-refractivity contribution < 1.29 is 9.90 Å². The zero-order chi connectivity index (χ0) is 17.7. The van der Waals surface area contributed by atoms with Crippen LogP contribution in [0, 0.1) is 5.41 Å². The van der Waals surface area contributed by atoms with Gasteiger partial charge in [-0.15, -0.1) is 24.0 Å². The summed E-state index contributed by atoms with van der Waals surface area (Å²) in [5, 5.41) is 15.9. The number of phenolic OH excluding ortho intramolecular Hbond substituents is 1. The van der Waals surface area contributed by atoms with Crippen LogP contribution in [0.4, 0.5) is 0 Å². The van der Waals surface area contributed by atoms with E-state index >= 15 is 0 Å². The number of nitrogens with zero attached hydrogens (tertiary/aromatic N) is 2. The molecule has 0 aromatic heterocycles. The molecule has 0 radical (unpaired) electrons. The van der Waals surface area contributed by atoms with Gasteiger partial charge in [0.05, 0.1) is 12.1 Å². The van der Waals surface area contributed by atoms with Crippen LogP contribution in [0.15, 0.2) is 29.3 Å². The number of amides is 1. The van der Waals surface area contributed by atoms with Gasteiger partial charge in [0, 0.05) is 26.2 Å². The minimum Gasteiger partial charge on any atom is -0.507 e. The van der Waals surface area contributed by atoms with Gasteiger partial charge in [0.15, 0.2) is 5.96 Å². The Kier molecular flexibility index (Phi) is 7.55. The summed E-state index contributed by atoms with van der Waals surface area (Å²) in [6.45, 7) is 6.04. The van der Waals surface area contributed by atoms with E-state index in [1.54, 1.807) is 18.2 Å². The Labute approximate surface area is 172 Å². The molecule has 0 unspecified atom stereocenters. The van der Waals surface area contributed by atoms with E-state index in [0.717, 1.165) is 25.6 Å². The Morgan fingerprint density at radius 3 is 2.65 bits per heavy atom. The van der Waals surface area contributed by atoms with Crippen molar-refractivity contribution in [1.29, 1.82) is 0 Å². The molecule has 0 bridgehead atoms. The van der Waals surface area contributed by atoms with Crippen molar-refractivity contribution >= 4 is 35.8 Å². The molecule has 1 aromatic carbocycles. The number of aliphatic imine (C=N–C) groups is 1. The third-order valence-corrected chi connectivity index (χ3v) is 5.29. The van der Waals surface area contributed by atoms with Crippen molar-refractivity contribution in [3.05, 3.63) is 29.8 Å². The SMILES string of the molecule is CCNC(=NCCNC(=O)c1ccccc1O)N1CCC2(CCC2)C1.I. The summed E-state index contributed by atoms with van der Waals surface area (Å²) in [6.07, 6.45) is 5.32. The number of guanidine groups is 1. The summed E-state index contributed by atoms with van der Waals surface area (Å²) in [5.74, 6) is 0.677. The Hall–Kier alpha value is -1.51. The number of nitrogens with one attached hydrogen (secondary N) is 2. The fourth-order valence-electron chi connectivity index (χ4n) is 3.72. The molecule has 3 rings (SSSR count). The molecule has 6 nitrogen and oxygen atoms in total. The molecule has 2 fully saturated rings. The van der Waals surface area contributed by atoms with Crippen LogP contribution in [0.25, 0.3) is 0 Å². The van der Waals surface area contributed by atoms with Gasteiger partial charge in [0.25, 0.3) is 5.91 Å². The number of likely N-dealkylation sites (tertiary alicyclic amines) is 1. The second-order valence-corrected chi connectivity index (χ2v) is 7.03. The van der Waals surface area contributed by atoms with E-state index in [1.807, 2.05) is 0 Å². The highest BCUT2D eigenvalue weighted by molar-refractivity contribution is 14.0. The molecular formula is C19H29IN4O2. The lowest BCUT2D eigenvalue weighted by molar-refractivity contribution is 0.0952. The summed E-state index contributed by atoms with van der Waals surface area (Å²) in [6, 6.07) is 6.56. The first kappa shape index (κ1) is 20.8. The Bertz CT molecular complexity index is 646. The summed E-state index contributed by atoms with van der Waals surface area (Å²) in [5.41, 5.74) is 0.833. The van der Waals surface area contributed by atoms with E-state index in [1.165, 1.54) is 31.7 Å². The second kappa shape index (κ2) is 9.43. The first-order valence-corrected chi connectivity index (χ1v) is 9.23. The number of benzene rings is 1. The fourth-order valence-corrected chi connectivity index (χ4v) is 3.72. The van der Waals surface area contributed by atoms with Crippen LogP contribution in [-0.4, -0.2) is 54.6 Å². The van der Waals surface area contributed by atoms with Gasteiger partial charge in [-0.25, -0.2) is 0 Å². The minimum absolute atomic E-state index is 0. The molecule has 1 saturated carbocycles. The van der Waals surface area contributed by atoms with Crippen molar-refractivity contribution in [2.75, 3.05) is 32.7 Å².